The SMILES string of the molecule is Cc1ccc(CCN2CC[C@@H](Nc3ncnc4[nH]ncc34)[C@@H](F)C2)cc1. The monoisotopic (exact) mass is 354 g/mol. The van der Waals surface area contributed by atoms with Gasteiger partial charge in [0.05, 0.1) is 17.6 Å². The average molecular weight is 354 g/mol. The first-order chi connectivity index (χ1) is 12.7. The van der Waals surface area contributed by atoms with E-state index in [0.29, 0.717) is 18.0 Å². The second-order valence-electron chi connectivity index (χ2n) is 6.95. The Hall–Kier alpha value is -2.54. The third-order valence-corrected chi connectivity index (χ3v) is 5.03. The molecule has 2 N–H and O–H groups in total. The zero-order valence-electron chi connectivity index (χ0n) is 14.8. The van der Waals surface area contributed by atoms with E-state index in [1.54, 1.807) is 6.20 Å². The molecule has 0 spiro atoms. The number of aromatic nitrogens is 4. The topological polar surface area (TPSA) is 69.7 Å². The molecule has 2 aromatic heterocycles. The highest BCUT2D eigenvalue weighted by molar-refractivity contribution is 5.85. The molecule has 0 bridgehead atoms. The molecule has 1 aliphatic heterocycles. The molecule has 0 aliphatic carbocycles. The molecule has 1 saturated heterocycles. The Morgan fingerprint density at radius 1 is 1.27 bits per heavy atom. The number of nitrogens with zero attached hydrogens (tertiary/aromatic N) is 4. The van der Waals surface area contributed by atoms with Crippen LogP contribution in [0.5, 0.6) is 0 Å². The molecule has 1 fully saturated rings. The number of aromatic amines is 1. The van der Waals surface area contributed by atoms with Crippen LogP contribution in [0.15, 0.2) is 36.8 Å². The van der Waals surface area contributed by atoms with E-state index in [2.05, 4.69) is 61.6 Å². The molecule has 0 radical (unpaired) electrons. The predicted molar refractivity (Wildman–Crippen MR) is 99.9 cm³/mol. The standard InChI is InChI=1S/C19H23FN6/c1-13-2-4-14(5-3-13)6-8-26-9-7-17(16(20)11-26)24-18-15-10-23-25-19(15)22-12-21-18/h2-5,10,12,16-17H,6-9,11H2,1H3,(H2,21,22,23,24,25)/t16-,17+/m0/s1. The maximum Gasteiger partial charge on any atom is 0.160 e. The molecule has 0 saturated carbocycles. The lowest BCUT2D eigenvalue weighted by molar-refractivity contribution is 0.127. The van der Waals surface area contributed by atoms with Gasteiger partial charge in [-0.1, -0.05) is 29.8 Å². The van der Waals surface area contributed by atoms with Crippen molar-refractivity contribution in [3.8, 4) is 0 Å². The van der Waals surface area contributed by atoms with Gasteiger partial charge in [-0.3, -0.25) is 10.00 Å². The summed E-state index contributed by atoms with van der Waals surface area (Å²) in [5.41, 5.74) is 3.23. The highest BCUT2D eigenvalue weighted by atomic mass is 19.1. The van der Waals surface area contributed by atoms with Crippen LogP contribution in [-0.4, -0.2) is 56.9 Å². The Kier molecular flexibility index (Phi) is 4.79. The minimum Gasteiger partial charge on any atom is -0.364 e. The summed E-state index contributed by atoms with van der Waals surface area (Å²) in [6, 6.07) is 8.33. The maximum absolute atomic E-state index is 14.7. The Morgan fingerprint density at radius 2 is 2.12 bits per heavy atom. The van der Waals surface area contributed by atoms with Crippen molar-refractivity contribution in [1.82, 2.24) is 25.1 Å². The maximum atomic E-state index is 14.7. The number of piperidine rings is 1. The van der Waals surface area contributed by atoms with Gasteiger partial charge in [0.15, 0.2) is 5.65 Å². The Bertz CT molecular complexity index is 862. The molecule has 6 nitrogen and oxygen atoms in total. The number of nitrogens with one attached hydrogen (secondary N) is 2. The van der Waals surface area contributed by atoms with Gasteiger partial charge < -0.3 is 5.32 Å². The van der Waals surface area contributed by atoms with Crippen LogP contribution in [0.1, 0.15) is 17.5 Å². The number of hydrogen-bond acceptors (Lipinski definition) is 5. The van der Waals surface area contributed by atoms with Gasteiger partial charge >= 0.3 is 0 Å². The van der Waals surface area contributed by atoms with E-state index in [1.807, 2.05) is 0 Å². The number of H-pyrrole nitrogens is 1. The fraction of sp³-hybridized carbons (Fsp3) is 0.421. The second-order valence-corrected chi connectivity index (χ2v) is 6.95. The van der Waals surface area contributed by atoms with E-state index in [-0.39, 0.29) is 6.04 Å². The zero-order chi connectivity index (χ0) is 17.9. The number of hydrogen-bond donors (Lipinski definition) is 2. The van der Waals surface area contributed by atoms with Crippen molar-refractivity contribution in [3.63, 3.8) is 0 Å². The van der Waals surface area contributed by atoms with Crippen molar-refractivity contribution >= 4 is 16.9 Å². The van der Waals surface area contributed by atoms with E-state index in [0.717, 1.165) is 31.3 Å². The van der Waals surface area contributed by atoms with Gasteiger partial charge in [-0.25, -0.2) is 14.4 Å². The molecule has 0 amide bonds. The molecule has 1 aliphatic rings. The lowest BCUT2D eigenvalue weighted by Gasteiger charge is -2.35. The molecule has 3 heterocycles. The first-order valence-corrected chi connectivity index (χ1v) is 9.01. The van der Waals surface area contributed by atoms with Crippen molar-refractivity contribution in [3.05, 3.63) is 47.9 Å². The van der Waals surface area contributed by atoms with Crippen LogP contribution in [0, 0.1) is 6.92 Å². The first-order valence-electron chi connectivity index (χ1n) is 9.01. The van der Waals surface area contributed by atoms with Crippen LogP contribution in [0.4, 0.5) is 10.2 Å². The molecule has 0 unspecified atom stereocenters. The van der Waals surface area contributed by atoms with E-state index >= 15 is 0 Å². The summed E-state index contributed by atoms with van der Waals surface area (Å²) < 4.78 is 14.7. The Labute approximate surface area is 151 Å². The molecule has 7 heteroatoms. The number of likely N-dealkylation sites (tertiary alicyclic amines) is 1. The zero-order valence-corrected chi connectivity index (χ0v) is 14.8. The summed E-state index contributed by atoms with van der Waals surface area (Å²) >= 11 is 0. The fourth-order valence-electron chi connectivity index (χ4n) is 3.43. The number of rotatable bonds is 5. The van der Waals surface area contributed by atoms with Crippen LogP contribution in [0.25, 0.3) is 11.0 Å². The minimum absolute atomic E-state index is 0.237. The highest BCUT2D eigenvalue weighted by Crippen LogP contribution is 2.22. The molecular formula is C19H23FN6. The summed E-state index contributed by atoms with van der Waals surface area (Å²) in [5, 5.41) is 10.8. The van der Waals surface area contributed by atoms with Gasteiger partial charge in [0.2, 0.25) is 0 Å². The molecule has 136 valence electrons. The van der Waals surface area contributed by atoms with Gasteiger partial charge in [0.1, 0.15) is 18.3 Å². The summed E-state index contributed by atoms with van der Waals surface area (Å²) in [6.07, 6.45) is 3.90. The van der Waals surface area contributed by atoms with Gasteiger partial charge in [-0.15, -0.1) is 0 Å². The molecule has 2 atom stereocenters. The molecular weight excluding hydrogens is 331 g/mol. The van der Waals surface area contributed by atoms with Crippen LogP contribution in [0.3, 0.4) is 0 Å². The van der Waals surface area contributed by atoms with Crippen LogP contribution in [-0.2, 0) is 6.42 Å². The van der Waals surface area contributed by atoms with Crippen molar-refractivity contribution in [2.45, 2.75) is 32.0 Å². The lowest BCUT2D eigenvalue weighted by atomic mass is 10.0. The Balaban J connectivity index is 1.33. The number of aryl methyl sites for hydroxylation is 1. The smallest absolute Gasteiger partial charge is 0.160 e. The molecule has 3 aromatic rings. The van der Waals surface area contributed by atoms with Crippen LogP contribution in [0.2, 0.25) is 0 Å². The number of alkyl halides is 1. The summed E-state index contributed by atoms with van der Waals surface area (Å²) in [5.74, 6) is 0.643. The largest absolute Gasteiger partial charge is 0.364 e. The van der Waals surface area contributed by atoms with E-state index in [1.165, 1.54) is 17.5 Å². The van der Waals surface area contributed by atoms with Crippen molar-refractivity contribution in [2.24, 2.45) is 0 Å². The predicted octanol–water partition coefficient (Wildman–Crippen LogP) is 2.73. The van der Waals surface area contributed by atoms with E-state index < -0.39 is 6.17 Å². The number of anilines is 1. The number of fused-ring (bicyclic) bond motifs is 1. The van der Waals surface area contributed by atoms with Crippen molar-refractivity contribution in [2.75, 3.05) is 25.0 Å². The van der Waals surface area contributed by atoms with Crippen LogP contribution < -0.4 is 5.32 Å². The van der Waals surface area contributed by atoms with E-state index in [4.69, 9.17) is 0 Å². The highest BCUT2D eigenvalue weighted by Gasteiger charge is 2.29. The molecule has 4 rings (SSSR count). The van der Waals surface area contributed by atoms with Crippen molar-refractivity contribution < 1.29 is 4.39 Å². The third kappa shape index (κ3) is 3.67. The van der Waals surface area contributed by atoms with Gasteiger partial charge in [-0.05, 0) is 25.3 Å². The number of benzene rings is 1. The van der Waals surface area contributed by atoms with Gasteiger partial charge in [0.25, 0.3) is 0 Å². The summed E-state index contributed by atoms with van der Waals surface area (Å²) in [4.78, 5) is 10.6. The number of halogens is 1. The third-order valence-electron chi connectivity index (χ3n) is 5.03. The normalized spacial score (nSPS) is 21.2. The van der Waals surface area contributed by atoms with Gasteiger partial charge in [-0.2, -0.15) is 5.10 Å². The second kappa shape index (κ2) is 7.37. The van der Waals surface area contributed by atoms with Crippen LogP contribution >= 0.6 is 0 Å². The quantitative estimate of drug-likeness (QED) is 0.737. The average Bonchev–Trinajstić information content (AvgIpc) is 3.13. The Morgan fingerprint density at radius 3 is 2.92 bits per heavy atom. The minimum atomic E-state index is -0.932. The molecule has 1 aromatic carbocycles. The van der Waals surface area contributed by atoms with Gasteiger partial charge in [0, 0.05) is 19.6 Å². The fourth-order valence-corrected chi connectivity index (χ4v) is 3.43. The summed E-state index contributed by atoms with van der Waals surface area (Å²) in [6.45, 7) is 4.30. The van der Waals surface area contributed by atoms with E-state index in [9.17, 15) is 4.39 Å². The molecule has 26 heavy (non-hydrogen) atoms. The van der Waals surface area contributed by atoms with Crippen molar-refractivity contribution in [1.29, 1.82) is 0 Å². The first kappa shape index (κ1) is 16.9. The lowest BCUT2D eigenvalue weighted by Crippen LogP contribution is -2.48. The summed E-state index contributed by atoms with van der Waals surface area (Å²) in [7, 11) is 0.